The third kappa shape index (κ3) is 4.76. The first-order valence-electron chi connectivity index (χ1n) is 12.6. The van der Waals surface area contributed by atoms with E-state index in [4.69, 9.17) is 11.6 Å². The van der Waals surface area contributed by atoms with Crippen molar-refractivity contribution in [2.24, 2.45) is 7.05 Å². The number of anilines is 1. The van der Waals surface area contributed by atoms with Crippen LogP contribution in [0.4, 0.5) is 24.7 Å². The van der Waals surface area contributed by atoms with Crippen LogP contribution in [0.3, 0.4) is 0 Å². The van der Waals surface area contributed by atoms with Crippen molar-refractivity contribution in [2.75, 3.05) is 5.32 Å². The summed E-state index contributed by atoms with van der Waals surface area (Å²) in [4.78, 5) is 12.7. The predicted octanol–water partition coefficient (Wildman–Crippen LogP) is 7.94. The Kier molecular flexibility index (Phi) is 6.70. The van der Waals surface area contributed by atoms with Crippen molar-refractivity contribution in [1.82, 2.24) is 14.5 Å². The van der Waals surface area contributed by atoms with Crippen LogP contribution in [0.25, 0.3) is 27.5 Å². The van der Waals surface area contributed by atoms with E-state index in [0.29, 0.717) is 23.7 Å². The van der Waals surface area contributed by atoms with Crippen LogP contribution in [0.2, 0.25) is 0 Å². The highest BCUT2D eigenvalue weighted by Crippen LogP contribution is 2.43. The summed E-state index contributed by atoms with van der Waals surface area (Å²) in [5.74, 6) is 1.35. The van der Waals surface area contributed by atoms with Crippen molar-refractivity contribution in [1.29, 1.82) is 0 Å². The molecular formula is C30H28F3N5. The quantitative estimate of drug-likeness (QED) is 0.265. The molecule has 2 heterocycles. The molecule has 1 aliphatic rings. The van der Waals surface area contributed by atoms with Gasteiger partial charge < -0.3 is 9.88 Å². The number of aryl methyl sites for hydroxylation is 1. The molecule has 0 bridgehead atoms. The zero-order valence-corrected chi connectivity index (χ0v) is 21.5. The van der Waals surface area contributed by atoms with Crippen molar-refractivity contribution >= 4 is 11.5 Å². The van der Waals surface area contributed by atoms with E-state index in [9.17, 15) is 13.2 Å². The molecule has 0 spiro atoms. The number of rotatable bonds is 6. The average molecular weight is 516 g/mol. The van der Waals surface area contributed by atoms with E-state index in [1.54, 1.807) is 19.2 Å². The van der Waals surface area contributed by atoms with Crippen molar-refractivity contribution in [3.8, 4) is 22.6 Å². The second kappa shape index (κ2) is 9.97. The summed E-state index contributed by atoms with van der Waals surface area (Å²) in [5.41, 5.74) is 6.37. The summed E-state index contributed by atoms with van der Waals surface area (Å²) >= 11 is 0. The SMILES string of the molecule is [C-]#[N+]c1c(-c2ccccc2C(C)C)nc(NCc2ccc(-c3nc(C(F)(F)F)cn3C)cc2)c2c1CCC2. The first kappa shape index (κ1) is 25.5. The Morgan fingerprint density at radius 2 is 1.74 bits per heavy atom. The molecule has 5 rings (SSSR count). The van der Waals surface area contributed by atoms with Crippen LogP contribution in [-0.2, 0) is 32.6 Å². The molecule has 0 atom stereocenters. The van der Waals surface area contributed by atoms with Gasteiger partial charge in [-0.2, -0.15) is 13.2 Å². The Labute approximate surface area is 220 Å². The van der Waals surface area contributed by atoms with E-state index in [0.717, 1.165) is 64.8 Å². The number of alkyl halides is 3. The molecule has 4 aromatic rings. The molecule has 1 aliphatic carbocycles. The van der Waals surface area contributed by atoms with Crippen molar-refractivity contribution < 1.29 is 13.2 Å². The van der Waals surface area contributed by atoms with Gasteiger partial charge in [-0.25, -0.2) is 14.8 Å². The van der Waals surface area contributed by atoms with E-state index in [-0.39, 0.29) is 5.82 Å². The zero-order chi connectivity index (χ0) is 27.0. The fraction of sp³-hybridized carbons (Fsp3) is 0.300. The van der Waals surface area contributed by atoms with Gasteiger partial charge in [-0.1, -0.05) is 62.4 Å². The van der Waals surface area contributed by atoms with E-state index in [1.807, 2.05) is 30.3 Å². The lowest BCUT2D eigenvalue weighted by molar-refractivity contribution is -0.140. The smallest absolute Gasteiger partial charge is 0.366 e. The largest absolute Gasteiger partial charge is 0.434 e. The van der Waals surface area contributed by atoms with Crippen LogP contribution in [0.15, 0.2) is 54.7 Å². The number of hydrogen-bond donors (Lipinski definition) is 1. The Bertz CT molecular complexity index is 1530. The maximum Gasteiger partial charge on any atom is 0.434 e. The summed E-state index contributed by atoms with van der Waals surface area (Å²) in [6.07, 6.45) is -0.761. The second-order valence-electron chi connectivity index (χ2n) is 9.93. The maximum absolute atomic E-state index is 13.1. The van der Waals surface area contributed by atoms with E-state index >= 15 is 0 Å². The molecule has 2 aromatic heterocycles. The van der Waals surface area contributed by atoms with E-state index in [2.05, 4.69) is 35.1 Å². The lowest BCUT2D eigenvalue weighted by Gasteiger charge is -2.18. The van der Waals surface area contributed by atoms with Crippen LogP contribution in [0.1, 0.15) is 54.1 Å². The fourth-order valence-corrected chi connectivity index (χ4v) is 5.14. The van der Waals surface area contributed by atoms with Gasteiger partial charge in [0.05, 0.1) is 12.3 Å². The van der Waals surface area contributed by atoms with Gasteiger partial charge in [0.15, 0.2) is 5.69 Å². The standard InChI is InChI=1S/C30H28F3N5/c1-18(2)21-8-5-6-9-22(21)27-26(34-3)23-10-7-11-24(23)28(37-27)35-16-19-12-14-20(15-13-19)29-36-25(17-38(29)4)30(31,32)33/h5-6,8-9,12-15,17-18H,7,10-11,16H2,1-2,4H3,(H,35,37). The van der Waals surface area contributed by atoms with Gasteiger partial charge in [-0.3, -0.25) is 0 Å². The molecule has 38 heavy (non-hydrogen) atoms. The van der Waals surface area contributed by atoms with Gasteiger partial charge in [0.1, 0.15) is 11.6 Å². The Morgan fingerprint density at radius 1 is 1.03 bits per heavy atom. The predicted molar refractivity (Wildman–Crippen MR) is 143 cm³/mol. The summed E-state index contributed by atoms with van der Waals surface area (Å²) in [6.45, 7) is 12.7. The highest BCUT2D eigenvalue weighted by Gasteiger charge is 2.34. The van der Waals surface area contributed by atoms with Gasteiger partial charge in [-0.15, -0.1) is 0 Å². The number of benzene rings is 2. The van der Waals surface area contributed by atoms with Gasteiger partial charge in [0.2, 0.25) is 5.69 Å². The van der Waals surface area contributed by atoms with Crippen LogP contribution in [0.5, 0.6) is 0 Å². The van der Waals surface area contributed by atoms with Crippen LogP contribution < -0.4 is 5.32 Å². The molecule has 0 amide bonds. The van der Waals surface area contributed by atoms with E-state index < -0.39 is 11.9 Å². The van der Waals surface area contributed by atoms with Crippen molar-refractivity contribution in [3.05, 3.63) is 94.1 Å². The maximum atomic E-state index is 13.1. The highest BCUT2D eigenvalue weighted by atomic mass is 19.4. The molecular weight excluding hydrogens is 487 g/mol. The first-order valence-corrected chi connectivity index (χ1v) is 12.6. The third-order valence-electron chi connectivity index (χ3n) is 7.03. The van der Waals surface area contributed by atoms with Gasteiger partial charge in [0.25, 0.3) is 0 Å². The summed E-state index contributed by atoms with van der Waals surface area (Å²) in [7, 11) is 1.56. The number of fused-ring (bicyclic) bond motifs is 1. The summed E-state index contributed by atoms with van der Waals surface area (Å²) < 4.78 is 40.6. The van der Waals surface area contributed by atoms with E-state index in [1.165, 1.54) is 4.57 Å². The summed E-state index contributed by atoms with van der Waals surface area (Å²) in [5, 5.41) is 3.48. The molecule has 0 aliphatic heterocycles. The average Bonchev–Trinajstić information content (AvgIpc) is 3.54. The molecule has 0 unspecified atom stereocenters. The lowest BCUT2D eigenvalue weighted by atomic mass is 9.93. The Morgan fingerprint density at radius 3 is 2.39 bits per heavy atom. The molecule has 0 radical (unpaired) electrons. The van der Waals surface area contributed by atoms with Gasteiger partial charge >= 0.3 is 6.18 Å². The van der Waals surface area contributed by atoms with Gasteiger partial charge in [0, 0.05) is 25.4 Å². The van der Waals surface area contributed by atoms with Crippen molar-refractivity contribution in [2.45, 2.75) is 51.7 Å². The molecule has 8 heteroatoms. The molecule has 2 aromatic carbocycles. The first-order chi connectivity index (χ1) is 18.2. The second-order valence-corrected chi connectivity index (χ2v) is 9.93. The minimum absolute atomic E-state index is 0.263. The number of nitrogens with one attached hydrogen (secondary N) is 1. The number of imidazole rings is 1. The number of pyridine rings is 1. The topological polar surface area (TPSA) is 47.1 Å². The normalized spacial score (nSPS) is 13.0. The molecule has 0 saturated heterocycles. The molecule has 0 saturated carbocycles. The summed E-state index contributed by atoms with van der Waals surface area (Å²) in [6, 6.07) is 15.5. The number of aromatic nitrogens is 3. The minimum Gasteiger partial charge on any atom is -0.366 e. The molecule has 194 valence electrons. The zero-order valence-electron chi connectivity index (χ0n) is 21.5. The van der Waals surface area contributed by atoms with Crippen LogP contribution >= 0.6 is 0 Å². The lowest BCUT2D eigenvalue weighted by Crippen LogP contribution is -2.07. The third-order valence-corrected chi connectivity index (χ3v) is 7.03. The Hall–Kier alpha value is -4.12. The molecule has 5 nitrogen and oxygen atoms in total. The fourth-order valence-electron chi connectivity index (χ4n) is 5.14. The number of hydrogen-bond acceptors (Lipinski definition) is 3. The number of halogens is 3. The van der Waals surface area contributed by atoms with Crippen LogP contribution in [-0.4, -0.2) is 14.5 Å². The minimum atomic E-state index is -4.48. The monoisotopic (exact) mass is 515 g/mol. The Balaban J connectivity index is 1.44. The highest BCUT2D eigenvalue weighted by molar-refractivity contribution is 5.83. The van der Waals surface area contributed by atoms with Crippen molar-refractivity contribution in [3.63, 3.8) is 0 Å². The molecule has 1 N–H and O–H groups in total. The van der Waals surface area contributed by atoms with Crippen LogP contribution in [0, 0.1) is 6.57 Å². The molecule has 0 fully saturated rings. The van der Waals surface area contributed by atoms with Gasteiger partial charge in [-0.05, 0) is 53.0 Å². The number of nitrogens with zero attached hydrogens (tertiary/aromatic N) is 4.